The summed E-state index contributed by atoms with van der Waals surface area (Å²) in [4.78, 5) is 4.52. The molecule has 0 radical (unpaired) electrons. The van der Waals surface area contributed by atoms with Gasteiger partial charge < -0.3 is 0 Å². The van der Waals surface area contributed by atoms with Gasteiger partial charge >= 0.3 is 0 Å². The van der Waals surface area contributed by atoms with Gasteiger partial charge in [0.25, 0.3) is 0 Å². The Bertz CT molecular complexity index is 847. The smallest absolute Gasteiger partial charge is 0.243 e. The molecule has 0 amide bonds. The van der Waals surface area contributed by atoms with Gasteiger partial charge in [-0.1, -0.05) is 6.07 Å². The molecule has 1 aliphatic heterocycles. The average Bonchev–Trinajstić information content (AvgIpc) is 3.11. The van der Waals surface area contributed by atoms with Crippen molar-refractivity contribution in [3.8, 4) is 0 Å². The standard InChI is InChI=1S/C16H19FN4O2S/c17-13-2-1-3-14(9-13)24(22,23)21-7-6-11(10-21)8-15-18-16(20-19-15)12-4-5-12/h1-3,9,11-12H,4-8,10H2,(H,18,19,20). The van der Waals surface area contributed by atoms with E-state index in [1.165, 1.54) is 22.5 Å². The lowest BCUT2D eigenvalue weighted by Gasteiger charge is -2.16. The first-order chi connectivity index (χ1) is 11.5. The second kappa shape index (κ2) is 5.93. The van der Waals surface area contributed by atoms with E-state index in [1.807, 2.05) is 0 Å². The highest BCUT2D eigenvalue weighted by molar-refractivity contribution is 7.89. The lowest BCUT2D eigenvalue weighted by Crippen LogP contribution is -2.29. The number of nitrogens with zero attached hydrogens (tertiary/aromatic N) is 3. The number of hydrogen-bond donors (Lipinski definition) is 1. The minimum absolute atomic E-state index is 0.0128. The fourth-order valence-corrected chi connectivity index (χ4v) is 4.72. The number of H-pyrrole nitrogens is 1. The quantitative estimate of drug-likeness (QED) is 0.895. The summed E-state index contributed by atoms with van der Waals surface area (Å²) < 4.78 is 40.0. The van der Waals surface area contributed by atoms with Crippen LogP contribution in [0, 0.1) is 11.7 Å². The van der Waals surface area contributed by atoms with Crippen molar-refractivity contribution in [1.82, 2.24) is 19.5 Å². The Hall–Kier alpha value is -1.80. The maximum Gasteiger partial charge on any atom is 0.243 e. The topological polar surface area (TPSA) is 79.0 Å². The molecule has 1 saturated carbocycles. The first-order valence-corrected chi connectivity index (χ1v) is 9.63. The third-order valence-electron chi connectivity index (χ3n) is 4.66. The number of benzene rings is 1. The summed E-state index contributed by atoms with van der Waals surface area (Å²) >= 11 is 0. The SMILES string of the molecule is O=S(=O)(c1cccc(F)c1)N1CCC(Cc2nc(C3CC3)n[nH]2)C1. The van der Waals surface area contributed by atoms with Gasteiger partial charge in [0.1, 0.15) is 11.6 Å². The van der Waals surface area contributed by atoms with Crippen LogP contribution in [0.25, 0.3) is 0 Å². The Morgan fingerprint density at radius 1 is 1.29 bits per heavy atom. The van der Waals surface area contributed by atoms with Crippen LogP contribution in [0.1, 0.15) is 36.8 Å². The zero-order valence-electron chi connectivity index (χ0n) is 13.2. The van der Waals surface area contributed by atoms with Gasteiger partial charge in [-0.3, -0.25) is 5.10 Å². The zero-order valence-corrected chi connectivity index (χ0v) is 14.0. The molecule has 1 aliphatic carbocycles. The molecule has 1 aromatic heterocycles. The van der Waals surface area contributed by atoms with Crippen molar-refractivity contribution < 1.29 is 12.8 Å². The Labute approximate surface area is 140 Å². The summed E-state index contributed by atoms with van der Waals surface area (Å²) in [6.07, 6.45) is 3.77. The van der Waals surface area contributed by atoms with Gasteiger partial charge in [-0.25, -0.2) is 17.8 Å². The summed E-state index contributed by atoms with van der Waals surface area (Å²) in [5, 5.41) is 7.20. The molecule has 0 spiro atoms. The molecule has 2 fully saturated rings. The Morgan fingerprint density at radius 3 is 2.88 bits per heavy atom. The van der Waals surface area contributed by atoms with Crippen LogP contribution in [-0.4, -0.2) is 41.0 Å². The molecule has 4 rings (SSSR count). The van der Waals surface area contributed by atoms with Gasteiger partial charge in [0, 0.05) is 25.4 Å². The average molecular weight is 350 g/mol. The normalized spacial score (nSPS) is 22.1. The summed E-state index contributed by atoms with van der Waals surface area (Å²) in [7, 11) is -3.64. The maximum absolute atomic E-state index is 13.3. The van der Waals surface area contributed by atoms with Crippen LogP contribution in [0.15, 0.2) is 29.2 Å². The van der Waals surface area contributed by atoms with Crippen molar-refractivity contribution in [2.75, 3.05) is 13.1 Å². The molecule has 1 aromatic carbocycles. The highest BCUT2D eigenvalue weighted by Gasteiger charge is 2.34. The molecule has 2 aromatic rings. The second-order valence-electron chi connectivity index (χ2n) is 6.59. The third kappa shape index (κ3) is 3.08. The molecule has 2 aliphatic rings. The maximum atomic E-state index is 13.3. The molecule has 24 heavy (non-hydrogen) atoms. The molecule has 1 atom stereocenters. The predicted octanol–water partition coefficient (Wildman–Crippen LogP) is 2.07. The molecule has 1 N–H and O–H groups in total. The molecule has 6 nitrogen and oxygen atoms in total. The number of hydrogen-bond acceptors (Lipinski definition) is 4. The van der Waals surface area contributed by atoms with Crippen molar-refractivity contribution >= 4 is 10.0 Å². The van der Waals surface area contributed by atoms with Crippen molar-refractivity contribution in [3.63, 3.8) is 0 Å². The van der Waals surface area contributed by atoms with E-state index in [9.17, 15) is 12.8 Å². The van der Waals surface area contributed by atoms with Gasteiger partial charge in [-0.2, -0.15) is 9.40 Å². The van der Waals surface area contributed by atoms with E-state index in [4.69, 9.17) is 0 Å². The van der Waals surface area contributed by atoms with Crippen LogP contribution in [0.3, 0.4) is 0 Å². The fraction of sp³-hybridized carbons (Fsp3) is 0.500. The minimum atomic E-state index is -3.64. The Balaban J connectivity index is 1.43. The van der Waals surface area contributed by atoms with Crippen LogP contribution >= 0.6 is 0 Å². The molecular formula is C16H19FN4O2S. The van der Waals surface area contributed by atoms with Crippen molar-refractivity contribution in [2.45, 2.75) is 36.5 Å². The van der Waals surface area contributed by atoms with Crippen molar-refractivity contribution in [2.24, 2.45) is 5.92 Å². The summed E-state index contributed by atoms with van der Waals surface area (Å²) in [6.45, 7) is 0.880. The first kappa shape index (κ1) is 15.7. The number of halogens is 1. The highest BCUT2D eigenvalue weighted by Crippen LogP contribution is 2.38. The predicted molar refractivity (Wildman–Crippen MR) is 85.3 cm³/mol. The number of aromatic amines is 1. The number of sulfonamides is 1. The Morgan fingerprint density at radius 2 is 2.12 bits per heavy atom. The second-order valence-corrected chi connectivity index (χ2v) is 8.53. The molecule has 128 valence electrons. The van der Waals surface area contributed by atoms with E-state index in [0.717, 1.165) is 37.0 Å². The van der Waals surface area contributed by atoms with Crippen LogP contribution in [-0.2, 0) is 16.4 Å². The van der Waals surface area contributed by atoms with Gasteiger partial charge in [0.2, 0.25) is 10.0 Å². The molecule has 0 bridgehead atoms. The van der Waals surface area contributed by atoms with Crippen LogP contribution in [0.2, 0.25) is 0 Å². The van der Waals surface area contributed by atoms with Gasteiger partial charge in [0.05, 0.1) is 4.90 Å². The number of aromatic nitrogens is 3. The van der Waals surface area contributed by atoms with E-state index in [-0.39, 0.29) is 10.8 Å². The van der Waals surface area contributed by atoms with Crippen LogP contribution in [0.5, 0.6) is 0 Å². The van der Waals surface area contributed by atoms with Crippen molar-refractivity contribution in [1.29, 1.82) is 0 Å². The molecule has 1 saturated heterocycles. The third-order valence-corrected chi connectivity index (χ3v) is 6.52. The summed E-state index contributed by atoms with van der Waals surface area (Å²) in [5.74, 6) is 1.87. The molecule has 8 heteroatoms. The minimum Gasteiger partial charge on any atom is -0.263 e. The fourth-order valence-electron chi connectivity index (χ4n) is 3.16. The largest absolute Gasteiger partial charge is 0.263 e. The van der Waals surface area contributed by atoms with E-state index < -0.39 is 15.8 Å². The molecule has 2 heterocycles. The number of nitrogens with one attached hydrogen (secondary N) is 1. The van der Waals surface area contributed by atoms with Gasteiger partial charge in [-0.05, 0) is 43.4 Å². The Kier molecular flexibility index (Phi) is 3.88. The van der Waals surface area contributed by atoms with E-state index in [1.54, 1.807) is 0 Å². The summed E-state index contributed by atoms with van der Waals surface area (Å²) in [6, 6.07) is 5.17. The van der Waals surface area contributed by atoms with Crippen LogP contribution in [0.4, 0.5) is 4.39 Å². The number of rotatable bonds is 5. The van der Waals surface area contributed by atoms with E-state index in [0.29, 0.717) is 25.4 Å². The highest BCUT2D eigenvalue weighted by atomic mass is 32.2. The summed E-state index contributed by atoms with van der Waals surface area (Å²) in [5.41, 5.74) is 0. The van der Waals surface area contributed by atoms with E-state index in [2.05, 4.69) is 15.2 Å². The van der Waals surface area contributed by atoms with Gasteiger partial charge in [-0.15, -0.1) is 0 Å². The zero-order chi connectivity index (χ0) is 16.7. The lowest BCUT2D eigenvalue weighted by atomic mass is 10.1. The molecule has 1 unspecified atom stereocenters. The lowest BCUT2D eigenvalue weighted by molar-refractivity contribution is 0.453. The van der Waals surface area contributed by atoms with Crippen molar-refractivity contribution in [3.05, 3.63) is 41.7 Å². The van der Waals surface area contributed by atoms with Gasteiger partial charge in [0.15, 0.2) is 5.82 Å². The van der Waals surface area contributed by atoms with Crippen LogP contribution < -0.4 is 0 Å². The monoisotopic (exact) mass is 350 g/mol. The molecular weight excluding hydrogens is 331 g/mol. The van der Waals surface area contributed by atoms with E-state index >= 15 is 0 Å². The first-order valence-electron chi connectivity index (χ1n) is 8.19.